The monoisotopic (exact) mass is 537 g/mol. The summed E-state index contributed by atoms with van der Waals surface area (Å²) >= 11 is 0. The van der Waals surface area contributed by atoms with Crippen LogP contribution in [0.5, 0.6) is 0 Å². The van der Waals surface area contributed by atoms with Gasteiger partial charge in [0.2, 0.25) is 5.91 Å². The maximum atomic E-state index is 15.0. The topological polar surface area (TPSA) is 95.6 Å². The summed E-state index contributed by atoms with van der Waals surface area (Å²) in [6.07, 6.45) is -1.90. The van der Waals surface area contributed by atoms with Crippen LogP contribution in [0.1, 0.15) is 86.8 Å². The molecule has 1 aromatic carbocycles. The van der Waals surface area contributed by atoms with Crippen molar-refractivity contribution in [3.63, 3.8) is 0 Å². The zero-order chi connectivity index (χ0) is 27.8. The molecule has 4 rings (SSSR count). The summed E-state index contributed by atoms with van der Waals surface area (Å²) in [4.78, 5) is 26.1. The molecule has 0 unspecified atom stereocenters. The van der Waals surface area contributed by atoms with Gasteiger partial charge in [-0.3, -0.25) is 4.79 Å². The first-order chi connectivity index (χ1) is 17.8. The summed E-state index contributed by atoms with van der Waals surface area (Å²) in [6.45, 7) is 7.40. The number of benzene rings is 1. The van der Waals surface area contributed by atoms with Crippen LogP contribution in [0.25, 0.3) is 0 Å². The van der Waals surface area contributed by atoms with Gasteiger partial charge in [0.15, 0.2) is 0 Å². The molecule has 3 N–H and O–H groups in total. The van der Waals surface area contributed by atoms with Crippen LogP contribution < -0.4 is 10.6 Å². The second kappa shape index (κ2) is 10.8. The molecular weight excluding hydrogens is 502 g/mol. The lowest BCUT2D eigenvalue weighted by atomic mass is 9.88. The third kappa shape index (κ3) is 6.09. The number of nitrogens with zero attached hydrogens (tertiary/aromatic N) is 4. The Morgan fingerprint density at radius 3 is 2.47 bits per heavy atom. The first kappa shape index (κ1) is 28.2. The number of hydrogen-bond donors (Lipinski definition) is 2. The number of aliphatic hydroxyl groups excluding tert-OH is 1. The SMILES string of the molecule is C[C@@H]1C[C@H](O)c2ncnc(N3CCN(C(=O)[C@H](CCCC(C)(C)N)c4ccc(C(F)(F)F)cc4F)CC3)c21. The summed E-state index contributed by atoms with van der Waals surface area (Å²) in [7, 11) is 0. The van der Waals surface area contributed by atoms with E-state index in [1.54, 1.807) is 4.90 Å². The van der Waals surface area contributed by atoms with Gasteiger partial charge in [0.1, 0.15) is 18.0 Å². The summed E-state index contributed by atoms with van der Waals surface area (Å²) in [5, 5.41) is 10.3. The van der Waals surface area contributed by atoms with Gasteiger partial charge in [-0.2, -0.15) is 13.2 Å². The molecule has 1 fully saturated rings. The van der Waals surface area contributed by atoms with E-state index in [0.717, 1.165) is 23.5 Å². The largest absolute Gasteiger partial charge is 0.416 e. The number of alkyl halides is 3. The van der Waals surface area contributed by atoms with Gasteiger partial charge in [-0.25, -0.2) is 14.4 Å². The highest BCUT2D eigenvalue weighted by atomic mass is 19.4. The van der Waals surface area contributed by atoms with Crippen LogP contribution in [-0.4, -0.2) is 57.6 Å². The van der Waals surface area contributed by atoms with E-state index in [0.29, 0.717) is 57.2 Å². The molecule has 2 heterocycles. The average Bonchev–Trinajstić information content (AvgIpc) is 3.14. The summed E-state index contributed by atoms with van der Waals surface area (Å²) in [5.74, 6) is -1.40. The fraction of sp³-hybridized carbons (Fsp3) is 0.593. The normalized spacial score (nSPS) is 21.0. The molecule has 7 nitrogen and oxygen atoms in total. The number of carbonyl (C=O) groups excluding carboxylic acids is 1. The molecule has 1 saturated heterocycles. The molecule has 2 aromatic rings. The zero-order valence-corrected chi connectivity index (χ0v) is 21.9. The van der Waals surface area contributed by atoms with Gasteiger partial charge in [-0.1, -0.05) is 19.4 Å². The number of aromatic nitrogens is 2. The number of piperazine rings is 1. The van der Waals surface area contributed by atoms with Crippen molar-refractivity contribution in [3.8, 4) is 0 Å². The molecule has 3 atom stereocenters. The van der Waals surface area contributed by atoms with Crippen LogP contribution in [0.15, 0.2) is 24.5 Å². The minimum absolute atomic E-state index is 0.0308. The molecule has 0 spiro atoms. The Kier molecular flexibility index (Phi) is 7.99. The van der Waals surface area contributed by atoms with Gasteiger partial charge in [-0.05, 0) is 51.2 Å². The number of nitrogens with two attached hydrogens (primary N) is 1. The molecule has 11 heteroatoms. The van der Waals surface area contributed by atoms with Crippen molar-refractivity contribution in [2.45, 2.75) is 76.1 Å². The third-order valence-electron chi connectivity index (χ3n) is 7.49. The molecule has 38 heavy (non-hydrogen) atoms. The lowest BCUT2D eigenvalue weighted by Gasteiger charge is -2.38. The summed E-state index contributed by atoms with van der Waals surface area (Å²) in [6, 6.07) is 2.38. The van der Waals surface area contributed by atoms with E-state index in [-0.39, 0.29) is 23.8 Å². The first-order valence-electron chi connectivity index (χ1n) is 13.0. The minimum atomic E-state index is -4.67. The second-order valence-corrected chi connectivity index (χ2v) is 11.1. The standard InChI is InChI=1S/C27H35F4N5O2/c1-16-13-21(37)23-22(16)24(34-15-33-23)35-9-11-36(12-10-35)25(38)19(5-4-8-26(2,3)32)18-7-6-17(14-20(18)28)27(29,30)31/h6-7,14-16,19,21,37H,4-5,8-13,32H2,1-3H3/t16-,19-,21+/m1/s1. The van der Waals surface area contributed by atoms with E-state index in [2.05, 4.69) is 14.9 Å². The zero-order valence-electron chi connectivity index (χ0n) is 21.9. The Balaban J connectivity index is 1.52. The Bertz CT molecular complexity index is 1160. The quantitative estimate of drug-likeness (QED) is 0.505. The Labute approximate surface area is 220 Å². The first-order valence-corrected chi connectivity index (χ1v) is 13.0. The molecule has 1 amide bonds. The van der Waals surface area contributed by atoms with Crippen molar-refractivity contribution in [2.24, 2.45) is 5.73 Å². The van der Waals surface area contributed by atoms with Gasteiger partial charge in [-0.15, -0.1) is 0 Å². The van der Waals surface area contributed by atoms with Crippen molar-refractivity contribution in [1.29, 1.82) is 0 Å². The van der Waals surface area contributed by atoms with Crippen molar-refractivity contribution in [3.05, 3.63) is 52.7 Å². The second-order valence-electron chi connectivity index (χ2n) is 11.1. The molecule has 1 aliphatic carbocycles. The Hall–Kier alpha value is -2.79. The number of halogens is 4. The molecule has 0 saturated carbocycles. The number of hydrogen-bond acceptors (Lipinski definition) is 6. The molecule has 0 radical (unpaired) electrons. The van der Waals surface area contributed by atoms with E-state index in [1.807, 2.05) is 20.8 Å². The Morgan fingerprint density at radius 1 is 1.18 bits per heavy atom. The number of rotatable bonds is 7. The van der Waals surface area contributed by atoms with E-state index in [9.17, 15) is 27.5 Å². The van der Waals surface area contributed by atoms with Crippen LogP contribution in [0.4, 0.5) is 23.4 Å². The maximum Gasteiger partial charge on any atom is 0.416 e. The average molecular weight is 538 g/mol. The lowest BCUT2D eigenvalue weighted by Crippen LogP contribution is -2.50. The van der Waals surface area contributed by atoms with E-state index >= 15 is 0 Å². The fourth-order valence-electron chi connectivity index (χ4n) is 5.47. The smallest absolute Gasteiger partial charge is 0.387 e. The van der Waals surface area contributed by atoms with Crippen molar-refractivity contribution in [2.75, 3.05) is 31.1 Å². The summed E-state index contributed by atoms with van der Waals surface area (Å²) in [5.41, 5.74) is 6.04. The van der Waals surface area contributed by atoms with E-state index in [1.165, 1.54) is 6.33 Å². The summed E-state index contributed by atoms with van der Waals surface area (Å²) < 4.78 is 54.3. The molecule has 208 valence electrons. The predicted molar refractivity (Wildman–Crippen MR) is 135 cm³/mol. The van der Waals surface area contributed by atoms with Crippen molar-refractivity contribution in [1.82, 2.24) is 14.9 Å². The van der Waals surface area contributed by atoms with Gasteiger partial charge >= 0.3 is 6.18 Å². The molecule has 0 bridgehead atoms. The highest BCUT2D eigenvalue weighted by Gasteiger charge is 2.36. The van der Waals surface area contributed by atoms with Crippen LogP contribution >= 0.6 is 0 Å². The fourth-order valence-corrected chi connectivity index (χ4v) is 5.47. The van der Waals surface area contributed by atoms with Gasteiger partial charge in [0, 0.05) is 42.8 Å². The van der Waals surface area contributed by atoms with Crippen LogP contribution in [0.2, 0.25) is 0 Å². The van der Waals surface area contributed by atoms with Crippen molar-refractivity contribution >= 4 is 11.7 Å². The Morgan fingerprint density at radius 2 is 1.87 bits per heavy atom. The lowest BCUT2D eigenvalue weighted by molar-refractivity contribution is -0.137. The van der Waals surface area contributed by atoms with E-state index in [4.69, 9.17) is 5.73 Å². The minimum Gasteiger partial charge on any atom is -0.387 e. The molecule has 2 aliphatic rings. The third-order valence-corrected chi connectivity index (χ3v) is 7.49. The molecule has 1 aromatic heterocycles. The van der Waals surface area contributed by atoms with Crippen LogP contribution in [0.3, 0.4) is 0 Å². The highest BCUT2D eigenvalue weighted by molar-refractivity contribution is 5.84. The highest BCUT2D eigenvalue weighted by Crippen LogP contribution is 2.43. The maximum absolute atomic E-state index is 15.0. The number of aliphatic hydroxyl groups is 1. The van der Waals surface area contributed by atoms with Crippen molar-refractivity contribution < 1.29 is 27.5 Å². The van der Waals surface area contributed by atoms with Gasteiger partial charge < -0.3 is 20.6 Å². The predicted octanol–water partition coefficient (Wildman–Crippen LogP) is 4.52. The van der Waals surface area contributed by atoms with Crippen LogP contribution in [-0.2, 0) is 11.0 Å². The molecule has 1 aliphatic heterocycles. The number of amides is 1. The van der Waals surface area contributed by atoms with Crippen LogP contribution in [0, 0.1) is 5.82 Å². The van der Waals surface area contributed by atoms with Gasteiger partial charge in [0.25, 0.3) is 0 Å². The number of carbonyl (C=O) groups is 1. The number of fused-ring (bicyclic) bond motifs is 1. The molecular formula is C27H35F4N5O2. The van der Waals surface area contributed by atoms with E-state index < -0.39 is 35.1 Å². The number of anilines is 1. The van der Waals surface area contributed by atoms with Gasteiger partial charge in [0.05, 0.1) is 23.3 Å².